The van der Waals surface area contributed by atoms with Crippen LogP contribution in [0.4, 0.5) is 0 Å². The van der Waals surface area contributed by atoms with Gasteiger partial charge in [0.2, 0.25) is 17.7 Å². The maximum absolute atomic E-state index is 12.5. The van der Waals surface area contributed by atoms with Crippen LogP contribution in [0.15, 0.2) is 24.3 Å². The second kappa shape index (κ2) is 12.0. The molecule has 32 heavy (non-hydrogen) atoms. The third kappa shape index (κ3) is 8.16. The Kier molecular flexibility index (Phi) is 10.1. The van der Waals surface area contributed by atoms with Crippen LogP contribution in [0.3, 0.4) is 0 Å². The van der Waals surface area contributed by atoms with Crippen LogP contribution < -0.4 is 21.7 Å². The zero-order valence-corrected chi connectivity index (χ0v) is 18.5. The fraction of sp³-hybridized carbons (Fsp3) is 0.524. The number of benzene rings is 1. The van der Waals surface area contributed by atoms with Crippen molar-refractivity contribution in [1.82, 2.24) is 16.0 Å². The van der Waals surface area contributed by atoms with Gasteiger partial charge in [0.25, 0.3) is 0 Å². The summed E-state index contributed by atoms with van der Waals surface area (Å²) in [5.74, 6) is -3.74. The van der Waals surface area contributed by atoms with Gasteiger partial charge in [0.05, 0.1) is 12.1 Å². The molecule has 0 spiro atoms. The van der Waals surface area contributed by atoms with E-state index in [1.54, 1.807) is 26.0 Å². The Morgan fingerprint density at radius 3 is 1.88 bits per heavy atom. The number of carbonyl (C=O) groups is 4. The number of carbonyl (C=O) groups excluding carboxylic acids is 3. The van der Waals surface area contributed by atoms with Crippen LogP contribution in [-0.2, 0) is 25.6 Å². The summed E-state index contributed by atoms with van der Waals surface area (Å²) < 4.78 is 0. The molecule has 0 saturated carbocycles. The lowest BCUT2D eigenvalue weighted by atomic mass is 10.0. The molecule has 0 aliphatic rings. The first-order valence-electron chi connectivity index (χ1n) is 10.2. The molecule has 5 atom stereocenters. The van der Waals surface area contributed by atoms with Crippen molar-refractivity contribution in [3.63, 3.8) is 0 Å². The van der Waals surface area contributed by atoms with E-state index in [1.807, 2.05) is 0 Å². The summed E-state index contributed by atoms with van der Waals surface area (Å²) in [6, 6.07) is 1.61. The molecule has 0 saturated heterocycles. The monoisotopic (exact) mass is 452 g/mol. The Bertz CT molecular complexity index is 811. The molecule has 1 aromatic rings. The molecule has 0 aliphatic carbocycles. The molecule has 1 aromatic carbocycles. The topological polar surface area (TPSA) is 191 Å². The summed E-state index contributed by atoms with van der Waals surface area (Å²) in [5.41, 5.74) is 6.62. The molecular weight excluding hydrogens is 420 g/mol. The number of hydrogen-bond donors (Lipinski definition) is 7. The van der Waals surface area contributed by atoms with E-state index < -0.39 is 59.9 Å². The van der Waals surface area contributed by atoms with Gasteiger partial charge in [-0.05, 0) is 43.9 Å². The van der Waals surface area contributed by atoms with E-state index >= 15 is 0 Å². The molecule has 0 aliphatic heterocycles. The predicted octanol–water partition coefficient (Wildman–Crippen LogP) is -1.14. The third-order valence-electron chi connectivity index (χ3n) is 4.77. The van der Waals surface area contributed by atoms with Crippen LogP contribution in [-0.4, -0.2) is 69.3 Å². The molecule has 5 unspecified atom stereocenters. The smallest absolute Gasteiger partial charge is 0.328 e. The van der Waals surface area contributed by atoms with Gasteiger partial charge in [0, 0.05) is 0 Å². The highest BCUT2D eigenvalue weighted by atomic mass is 16.4. The van der Waals surface area contributed by atoms with Crippen LogP contribution in [0.5, 0.6) is 5.75 Å². The van der Waals surface area contributed by atoms with Crippen LogP contribution in [0.1, 0.15) is 33.3 Å². The molecule has 0 fully saturated rings. The van der Waals surface area contributed by atoms with Crippen LogP contribution in [0.25, 0.3) is 0 Å². The standard InChI is InChI=1S/C21H32N4O7/c1-10(2)16(20(30)25-17(12(4)26)21(31)32)24-18(28)11(3)23-19(29)15(22)9-13-5-7-14(27)8-6-13/h5-8,10-12,15-17,26-27H,9,22H2,1-4H3,(H,23,29)(H,24,28)(H,25,30)(H,31,32). The zero-order valence-electron chi connectivity index (χ0n) is 18.5. The maximum atomic E-state index is 12.5. The number of nitrogens with two attached hydrogens (primary N) is 1. The van der Waals surface area contributed by atoms with Gasteiger partial charge in [0.15, 0.2) is 6.04 Å². The first-order valence-corrected chi connectivity index (χ1v) is 10.2. The number of aliphatic hydroxyl groups is 1. The van der Waals surface area contributed by atoms with Crippen molar-refractivity contribution in [2.45, 2.75) is 64.4 Å². The zero-order chi connectivity index (χ0) is 24.6. The summed E-state index contributed by atoms with van der Waals surface area (Å²) in [7, 11) is 0. The number of aliphatic hydroxyl groups excluding tert-OH is 1. The van der Waals surface area contributed by atoms with Crippen LogP contribution in [0, 0.1) is 5.92 Å². The molecule has 8 N–H and O–H groups in total. The van der Waals surface area contributed by atoms with Crippen molar-refractivity contribution < 1.29 is 34.5 Å². The number of carboxylic acid groups (broad SMARTS) is 1. The minimum absolute atomic E-state index is 0.0870. The molecule has 0 heterocycles. The minimum Gasteiger partial charge on any atom is -0.508 e. The van der Waals surface area contributed by atoms with Crippen molar-refractivity contribution in [2.75, 3.05) is 0 Å². The highest BCUT2D eigenvalue weighted by Crippen LogP contribution is 2.11. The molecule has 0 aromatic heterocycles. The van der Waals surface area contributed by atoms with Crippen LogP contribution >= 0.6 is 0 Å². The Morgan fingerprint density at radius 2 is 1.41 bits per heavy atom. The van der Waals surface area contributed by atoms with Gasteiger partial charge in [-0.25, -0.2) is 4.79 Å². The van der Waals surface area contributed by atoms with Gasteiger partial charge in [-0.1, -0.05) is 26.0 Å². The molecular formula is C21H32N4O7. The number of phenolic OH excluding ortho intramolecular Hbond substituents is 1. The first-order chi connectivity index (χ1) is 14.8. The Balaban J connectivity index is 2.71. The predicted molar refractivity (Wildman–Crippen MR) is 115 cm³/mol. The molecule has 0 radical (unpaired) electrons. The van der Waals surface area contributed by atoms with Gasteiger partial charge in [-0.15, -0.1) is 0 Å². The number of hydrogen-bond acceptors (Lipinski definition) is 7. The molecule has 11 nitrogen and oxygen atoms in total. The summed E-state index contributed by atoms with van der Waals surface area (Å²) in [6.07, 6.45) is -1.15. The molecule has 0 bridgehead atoms. The number of amides is 3. The number of phenols is 1. The van der Waals surface area contributed by atoms with Crippen molar-refractivity contribution in [3.8, 4) is 5.75 Å². The van der Waals surface area contributed by atoms with Gasteiger partial charge < -0.3 is 37.0 Å². The normalized spacial score (nSPS) is 15.7. The van der Waals surface area contributed by atoms with E-state index in [4.69, 9.17) is 10.8 Å². The lowest BCUT2D eigenvalue weighted by Crippen LogP contribution is -2.59. The summed E-state index contributed by atoms with van der Waals surface area (Å²) >= 11 is 0. The largest absolute Gasteiger partial charge is 0.508 e. The van der Waals surface area contributed by atoms with Crippen molar-refractivity contribution in [2.24, 2.45) is 11.7 Å². The number of nitrogens with one attached hydrogen (secondary N) is 3. The number of aliphatic carboxylic acids is 1. The minimum atomic E-state index is -1.53. The molecule has 1 rings (SSSR count). The third-order valence-corrected chi connectivity index (χ3v) is 4.77. The second-order valence-electron chi connectivity index (χ2n) is 8.00. The Hall–Kier alpha value is -3.18. The number of carboxylic acids is 1. The molecule has 3 amide bonds. The van der Waals surface area contributed by atoms with E-state index in [9.17, 15) is 29.4 Å². The van der Waals surface area contributed by atoms with Crippen molar-refractivity contribution >= 4 is 23.7 Å². The van der Waals surface area contributed by atoms with E-state index in [2.05, 4.69) is 16.0 Å². The fourth-order valence-electron chi connectivity index (χ4n) is 2.81. The lowest BCUT2D eigenvalue weighted by Gasteiger charge is -2.26. The first kappa shape index (κ1) is 26.9. The average molecular weight is 453 g/mol. The van der Waals surface area contributed by atoms with Gasteiger partial charge >= 0.3 is 5.97 Å². The summed E-state index contributed by atoms with van der Waals surface area (Å²) in [5, 5.41) is 35.1. The highest BCUT2D eigenvalue weighted by molar-refractivity contribution is 5.94. The van der Waals surface area contributed by atoms with E-state index in [-0.39, 0.29) is 12.2 Å². The summed E-state index contributed by atoms with van der Waals surface area (Å²) in [6.45, 7) is 5.95. The molecule has 11 heteroatoms. The summed E-state index contributed by atoms with van der Waals surface area (Å²) in [4.78, 5) is 48.6. The van der Waals surface area contributed by atoms with Gasteiger partial charge in [0.1, 0.15) is 17.8 Å². The second-order valence-corrected chi connectivity index (χ2v) is 8.00. The maximum Gasteiger partial charge on any atom is 0.328 e. The SMILES string of the molecule is CC(NC(=O)C(N)Cc1ccc(O)cc1)C(=O)NC(C(=O)NC(C(=O)O)C(C)O)C(C)C. The van der Waals surface area contributed by atoms with Gasteiger partial charge in [-0.3, -0.25) is 14.4 Å². The number of aromatic hydroxyl groups is 1. The van der Waals surface area contributed by atoms with Crippen molar-refractivity contribution in [1.29, 1.82) is 0 Å². The lowest BCUT2D eigenvalue weighted by molar-refractivity contribution is -0.145. The average Bonchev–Trinajstić information content (AvgIpc) is 2.70. The van der Waals surface area contributed by atoms with E-state index in [0.717, 1.165) is 5.56 Å². The van der Waals surface area contributed by atoms with Gasteiger partial charge in [-0.2, -0.15) is 0 Å². The van der Waals surface area contributed by atoms with Crippen LogP contribution in [0.2, 0.25) is 0 Å². The Labute approximate surface area is 186 Å². The highest BCUT2D eigenvalue weighted by Gasteiger charge is 2.32. The van der Waals surface area contributed by atoms with Crippen molar-refractivity contribution in [3.05, 3.63) is 29.8 Å². The quantitative estimate of drug-likeness (QED) is 0.219. The van der Waals surface area contributed by atoms with E-state index in [0.29, 0.717) is 0 Å². The Morgan fingerprint density at radius 1 is 0.875 bits per heavy atom. The van der Waals surface area contributed by atoms with E-state index in [1.165, 1.54) is 26.0 Å². The fourth-order valence-corrected chi connectivity index (χ4v) is 2.81. The number of rotatable bonds is 11. The molecule has 178 valence electrons.